The van der Waals surface area contributed by atoms with Crippen LogP contribution < -0.4 is 113 Å². The molecule has 0 aliphatic heterocycles. The predicted octanol–water partition coefficient (Wildman–Crippen LogP) is -1.54. The van der Waals surface area contributed by atoms with Gasteiger partial charge in [-0.2, -0.15) is 0 Å². The molecule has 2 aliphatic carbocycles. The summed E-state index contributed by atoms with van der Waals surface area (Å²) in [4.78, 5) is 0. The molecule has 6 atom stereocenters. The molecule has 0 radical (unpaired) electrons. The van der Waals surface area contributed by atoms with Crippen molar-refractivity contribution in [2.45, 2.75) is 78.4 Å². The zero-order valence-electron chi connectivity index (χ0n) is 21.3. The summed E-state index contributed by atoms with van der Waals surface area (Å²) in [6.45, 7) is 13.1. The van der Waals surface area contributed by atoms with E-state index in [4.69, 9.17) is 0 Å². The second-order valence-electron chi connectivity index (χ2n) is 11.7. The Morgan fingerprint density at radius 2 is 0.906 bits per heavy atom. The monoisotopic (exact) mass is 482 g/mol. The van der Waals surface area contributed by atoms with Crippen molar-refractivity contribution in [2.24, 2.45) is 22.7 Å². The second kappa shape index (κ2) is 11.4. The Bertz CT molecular complexity index is 837. The van der Waals surface area contributed by atoms with Gasteiger partial charge in [0.2, 0.25) is 0 Å². The summed E-state index contributed by atoms with van der Waals surface area (Å²) in [6, 6.07) is 16.8. The predicted molar refractivity (Wildman–Crippen MR) is 119 cm³/mol. The SMILES string of the molecule is CC(C)(C)C1Cc2ccccc2C(C2c3ccccc3CC(C(C)(C)C)C2[O-])C1[O-].[K+].[K+]. The molecule has 4 heteroatoms. The zero-order valence-corrected chi connectivity index (χ0v) is 27.6. The number of fused-ring (bicyclic) bond motifs is 2. The van der Waals surface area contributed by atoms with Crippen molar-refractivity contribution in [2.75, 3.05) is 0 Å². The van der Waals surface area contributed by atoms with E-state index >= 15 is 0 Å². The van der Waals surface area contributed by atoms with E-state index in [0.29, 0.717) is 0 Å². The van der Waals surface area contributed by atoms with Crippen LogP contribution in [-0.2, 0) is 12.8 Å². The van der Waals surface area contributed by atoms with E-state index in [1.807, 2.05) is 12.1 Å². The molecular formula is C28H36K2O2. The first kappa shape index (κ1) is 29.9. The molecule has 4 rings (SSSR count). The van der Waals surface area contributed by atoms with Crippen LogP contribution in [0.5, 0.6) is 0 Å². The van der Waals surface area contributed by atoms with Crippen molar-refractivity contribution in [3.63, 3.8) is 0 Å². The van der Waals surface area contributed by atoms with Crippen molar-refractivity contribution in [1.29, 1.82) is 0 Å². The van der Waals surface area contributed by atoms with Gasteiger partial charge in [0.25, 0.3) is 0 Å². The van der Waals surface area contributed by atoms with Crippen LogP contribution in [0.1, 0.15) is 75.6 Å². The second-order valence-corrected chi connectivity index (χ2v) is 11.7. The molecule has 2 aromatic carbocycles. The molecule has 2 nitrogen and oxygen atoms in total. The van der Waals surface area contributed by atoms with Crippen LogP contribution in [0.15, 0.2) is 48.5 Å². The summed E-state index contributed by atoms with van der Waals surface area (Å²) in [5, 5.41) is 28.2. The molecule has 0 heterocycles. The van der Waals surface area contributed by atoms with Crippen LogP contribution in [0.25, 0.3) is 0 Å². The van der Waals surface area contributed by atoms with Gasteiger partial charge in [-0.1, -0.05) is 90.1 Å². The van der Waals surface area contributed by atoms with Crippen molar-refractivity contribution < 1.29 is 113 Å². The molecule has 32 heavy (non-hydrogen) atoms. The number of benzene rings is 2. The van der Waals surface area contributed by atoms with Crippen LogP contribution in [0, 0.1) is 22.7 Å². The molecule has 0 fully saturated rings. The Balaban J connectivity index is 0.00000181. The third-order valence-corrected chi connectivity index (χ3v) is 7.82. The van der Waals surface area contributed by atoms with E-state index in [1.54, 1.807) is 0 Å². The quantitative estimate of drug-likeness (QED) is 0.463. The van der Waals surface area contributed by atoms with Gasteiger partial charge in [0.05, 0.1) is 0 Å². The average molecular weight is 483 g/mol. The number of rotatable bonds is 1. The molecule has 0 amide bonds. The maximum atomic E-state index is 14.1. The average Bonchev–Trinajstić information content (AvgIpc) is 2.66. The molecule has 2 aromatic rings. The summed E-state index contributed by atoms with van der Waals surface area (Å²) < 4.78 is 0. The molecular weight excluding hydrogens is 447 g/mol. The first-order valence-corrected chi connectivity index (χ1v) is 11.5. The molecule has 6 unspecified atom stereocenters. The Morgan fingerprint density at radius 1 is 0.594 bits per heavy atom. The molecule has 0 aromatic heterocycles. The van der Waals surface area contributed by atoms with Gasteiger partial charge in [0.1, 0.15) is 0 Å². The van der Waals surface area contributed by atoms with E-state index in [2.05, 4.69) is 77.9 Å². The van der Waals surface area contributed by atoms with Gasteiger partial charge in [-0.05, 0) is 69.6 Å². The van der Waals surface area contributed by atoms with E-state index in [0.717, 1.165) is 24.0 Å². The normalized spacial score (nSPS) is 29.8. The van der Waals surface area contributed by atoms with Crippen LogP contribution in [-0.4, -0.2) is 12.2 Å². The molecule has 2 aliphatic rings. The summed E-state index contributed by atoms with van der Waals surface area (Å²) >= 11 is 0. The summed E-state index contributed by atoms with van der Waals surface area (Å²) in [6.07, 6.45) is 0.0804. The third-order valence-electron chi connectivity index (χ3n) is 7.82. The molecule has 0 spiro atoms. The van der Waals surface area contributed by atoms with Crippen molar-refractivity contribution in [3.05, 3.63) is 70.8 Å². The van der Waals surface area contributed by atoms with Gasteiger partial charge in [-0.25, -0.2) is 0 Å². The maximum Gasteiger partial charge on any atom is 1.00 e. The van der Waals surface area contributed by atoms with Gasteiger partial charge in [-0.3, -0.25) is 0 Å². The van der Waals surface area contributed by atoms with Crippen molar-refractivity contribution in [1.82, 2.24) is 0 Å². The Morgan fingerprint density at radius 3 is 1.22 bits per heavy atom. The fraction of sp³-hybridized carbons (Fsp3) is 0.571. The smallest absolute Gasteiger partial charge is 0.851 e. The Kier molecular flexibility index (Phi) is 10.6. The van der Waals surface area contributed by atoms with Crippen molar-refractivity contribution in [3.8, 4) is 0 Å². The molecule has 0 N–H and O–H groups in total. The molecule has 0 saturated heterocycles. The third kappa shape index (κ3) is 5.78. The van der Waals surface area contributed by atoms with Crippen molar-refractivity contribution >= 4 is 0 Å². The fourth-order valence-electron chi connectivity index (χ4n) is 6.04. The molecule has 0 saturated carbocycles. The Hall–Kier alpha value is 1.63. The van der Waals surface area contributed by atoms with Gasteiger partial charge < -0.3 is 10.2 Å². The van der Waals surface area contributed by atoms with Crippen LogP contribution in [0.2, 0.25) is 0 Å². The summed E-state index contributed by atoms with van der Waals surface area (Å²) in [7, 11) is 0. The van der Waals surface area contributed by atoms with Gasteiger partial charge in [0.15, 0.2) is 0 Å². The van der Waals surface area contributed by atoms with E-state index in [-0.39, 0.29) is 137 Å². The first-order valence-electron chi connectivity index (χ1n) is 11.5. The number of hydrogen-bond acceptors (Lipinski definition) is 2. The van der Waals surface area contributed by atoms with E-state index in [9.17, 15) is 10.2 Å². The summed E-state index contributed by atoms with van der Waals surface area (Å²) in [5.74, 6) is -0.500. The first-order chi connectivity index (χ1) is 14.0. The minimum atomic E-state index is -0.770. The van der Waals surface area contributed by atoms with Gasteiger partial charge >= 0.3 is 103 Å². The Labute approximate surface area is 280 Å². The van der Waals surface area contributed by atoms with Crippen LogP contribution >= 0.6 is 0 Å². The van der Waals surface area contributed by atoms with Gasteiger partial charge in [-0.15, -0.1) is 12.2 Å². The van der Waals surface area contributed by atoms with Gasteiger partial charge in [0, 0.05) is 0 Å². The van der Waals surface area contributed by atoms with Crippen LogP contribution in [0.3, 0.4) is 0 Å². The maximum absolute atomic E-state index is 14.1. The minimum Gasteiger partial charge on any atom is -0.851 e. The minimum absolute atomic E-state index is 0. The summed E-state index contributed by atoms with van der Waals surface area (Å²) in [5.41, 5.74) is 4.58. The number of hydrogen-bond donors (Lipinski definition) is 0. The van der Waals surface area contributed by atoms with E-state index in [1.165, 1.54) is 11.1 Å². The largest absolute Gasteiger partial charge is 1.00 e. The standard InChI is InChI=1S/C28H36O2.2K/c1-27(2,3)21-15-17-11-7-9-13-19(17)23(25(21)29)24-20-14-10-8-12-18(20)16-22(26(24)30)28(4,5)6;;/h7-14,21-26H,15-16H2,1-6H3;;/q-2;2*+1. The molecule has 162 valence electrons. The van der Waals surface area contributed by atoms with E-state index < -0.39 is 12.2 Å². The fourth-order valence-corrected chi connectivity index (χ4v) is 6.04. The zero-order chi connectivity index (χ0) is 21.8. The van der Waals surface area contributed by atoms with Crippen LogP contribution in [0.4, 0.5) is 0 Å². The molecule has 0 bridgehead atoms. The topological polar surface area (TPSA) is 46.1 Å².